The second-order valence-corrected chi connectivity index (χ2v) is 6.98. The van der Waals surface area contributed by atoms with Crippen LogP contribution < -0.4 is 5.14 Å². The summed E-state index contributed by atoms with van der Waals surface area (Å²) in [6, 6.07) is 0. The van der Waals surface area contributed by atoms with Gasteiger partial charge in [0.2, 0.25) is 0 Å². The van der Waals surface area contributed by atoms with Crippen molar-refractivity contribution in [2.75, 3.05) is 0 Å². The van der Waals surface area contributed by atoms with Crippen LogP contribution >= 0.6 is 0 Å². The highest BCUT2D eigenvalue weighted by atomic mass is 32.2. The van der Waals surface area contributed by atoms with Crippen molar-refractivity contribution in [2.45, 2.75) is 57.6 Å². The van der Waals surface area contributed by atoms with Gasteiger partial charge in [-0.1, -0.05) is 32.6 Å². The van der Waals surface area contributed by atoms with Crippen LogP contribution in [0.25, 0.3) is 0 Å². The fourth-order valence-corrected chi connectivity index (χ4v) is 2.98. The maximum absolute atomic E-state index is 11.3. The first-order valence-corrected chi connectivity index (χ1v) is 6.81. The lowest BCUT2D eigenvalue weighted by Crippen LogP contribution is -2.34. The molecule has 0 aromatic heterocycles. The standard InChI is InChI=1S/C11H23NOS/c1-9(10-6-4-5-7-10)8-11(2,3)14(12)13/h9-10H,4-8,12H2,1-3H3/t9-,14?/m1/s1. The summed E-state index contributed by atoms with van der Waals surface area (Å²) in [5, 5.41) is 5.49. The van der Waals surface area contributed by atoms with Gasteiger partial charge in [-0.15, -0.1) is 0 Å². The van der Waals surface area contributed by atoms with Crippen molar-refractivity contribution < 1.29 is 4.21 Å². The van der Waals surface area contributed by atoms with E-state index in [-0.39, 0.29) is 4.75 Å². The van der Waals surface area contributed by atoms with Crippen LogP contribution in [0.5, 0.6) is 0 Å². The number of hydrogen-bond acceptors (Lipinski definition) is 1. The molecule has 0 saturated heterocycles. The van der Waals surface area contributed by atoms with Crippen LogP contribution in [0.1, 0.15) is 52.9 Å². The Balaban J connectivity index is 2.46. The Labute approximate surface area is 90.2 Å². The van der Waals surface area contributed by atoms with Gasteiger partial charge in [0.05, 0.1) is 15.7 Å². The summed E-state index contributed by atoms with van der Waals surface area (Å²) in [6.07, 6.45) is 6.45. The molecule has 1 unspecified atom stereocenters. The maximum Gasteiger partial charge on any atom is 0.0945 e. The Morgan fingerprint density at radius 2 is 1.93 bits per heavy atom. The fraction of sp³-hybridized carbons (Fsp3) is 1.00. The molecule has 2 nitrogen and oxygen atoms in total. The first kappa shape index (κ1) is 12.2. The third kappa shape index (κ3) is 3.06. The molecule has 2 N–H and O–H groups in total. The molecular formula is C11H23NOS. The van der Waals surface area contributed by atoms with Crippen molar-refractivity contribution >= 4 is 11.0 Å². The molecule has 1 aliphatic rings. The minimum Gasteiger partial charge on any atom is -0.251 e. The maximum atomic E-state index is 11.3. The summed E-state index contributed by atoms with van der Waals surface area (Å²) < 4.78 is 11.1. The van der Waals surface area contributed by atoms with Gasteiger partial charge in [0.1, 0.15) is 0 Å². The van der Waals surface area contributed by atoms with Gasteiger partial charge in [0.25, 0.3) is 0 Å². The fourth-order valence-electron chi connectivity index (χ4n) is 2.55. The first-order valence-electron chi connectivity index (χ1n) is 5.60. The Kier molecular flexibility index (Phi) is 4.14. The molecule has 0 bridgehead atoms. The van der Waals surface area contributed by atoms with Gasteiger partial charge in [0.15, 0.2) is 0 Å². The molecule has 1 saturated carbocycles. The van der Waals surface area contributed by atoms with E-state index in [1.54, 1.807) is 0 Å². The average molecular weight is 217 g/mol. The summed E-state index contributed by atoms with van der Waals surface area (Å²) >= 11 is 0. The molecule has 14 heavy (non-hydrogen) atoms. The second kappa shape index (κ2) is 4.75. The molecule has 1 aliphatic carbocycles. The molecule has 0 aromatic rings. The predicted octanol–water partition coefficient (Wildman–Crippen LogP) is 2.60. The third-order valence-electron chi connectivity index (χ3n) is 3.56. The zero-order chi connectivity index (χ0) is 10.8. The first-order chi connectivity index (χ1) is 6.43. The molecule has 0 amide bonds. The molecule has 0 aliphatic heterocycles. The van der Waals surface area contributed by atoms with Gasteiger partial charge >= 0.3 is 0 Å². The molecule has 0 spiro atoms. The zero-order valence-electron chi connectivity index (χ0n) is 9.58. The Morgan fingerprint density at radius 1 is 1.43 bits per heavy atom. The number of hydrogen-bond donors (Lipinski definition) is 1. The Hall–Kier alpha value is 0.110. The van der Waals surface area contributed by atoms with Gasteiger partial charge in [0, 0.05) is 0 Å². The van der Waals surface area contributed by atoms with Crippen molar-refractivity contribution in [3.8, 4) is 0 Å². The van der Waals surface area contributed by atoms with E-state index in [2.05, 4.69) is 6.92 Å². The second-order valence-electron chi connectivity index (χ2n) is 5.28. The Morgan fingerprint density at radius 3 is 2.36 bits per heavy atom. The molecule has 3 heteroatoms. The van der Waals surface area contributed by atoms with Crippen LogP contribution in [-0.2, 0) is 11.0 Å². The minimum atomic E-state index is -1.20. The van der Waals surface area contributed by atoms with Crippen molar-refractivity contribution in [3.05, 3.63) is 0 Å². The highest BCUT2D eigenvalue weighted by molar-refractivity contribution is 7.84. The van der Waals surface area contributed by atoms with Crippen molar-refractivity contribution in [1.29, 1.82) is 0 Å². The monoisotopic (exact) mass is 217 g/mol. The molecule has 0 aromatic carbocycles. The Bertz CT molecular complexity index is 209. The van der Waals surface area contributed by atoms with E-state index in [1.807, 2.05) is 13.8 Å². The quantitative estimate of drug-likeness (QED) is 0.773. The predicted molar refractivity (Wildman–Crippen MR) is 62.1 cm³/mol. The molecule has 2 atom stereocenters. The largest absolute Gasteiger partial charge is 0.251 e. The lowest BCUT2D eigenvalue weighted by Gasteiger charge is -2.28. The lowest BCUT2D eigenvalue weighted by atomic mass is 9.85. The van der Waals surface area contributed by atoms with E-state index in [4.69, 9.17) is 5.14 Å². The van der Waals surface area contributed by atoms with Crippen LogP contribution in [0.2, 0.25) is 0 Å². The van der Waals surface area contributed by atoms with E-state index in [1.165, 1.54) is 25.7 Å². The van der Waals surface area contributed by atoms with E-state index < -0.39 is 11.0 Å². The van der Waals surface area contributed by atoms with Crippen molar-refractivity contribution in [1.82, 2.24) is 0 Å². The topological polar surface area (TPSA) is 43.1 Å². The van der Waals surface area contributed by atoms with E-state index in [0.29, 0.717) is 5.92 Å². The SMILES string of the molecule is C[C@H](CC(C)(C)S(N)=O)C1CCCC1. The van der Waals surface area contributed by atoms with Crippen LogP contribution in [0, 0.1) is 11.8 Å². The van der Waals surface area contributed by atoms with Gasteiger partial charge in [-0.05, 0) is 32.1 Å². The summed E-state index contributed by atoms with van der Waals surface area (Å²) in [5.74, 6) is 1.51. The summed E-state index contributed by atoms with van der Waals surface area (Å²) in [6.45, 7) is 6.30. The minimum absolute atomic E-state index is 0.220. The van der Waals surface area contributed by atoms with Crippen LogP contribution in [0.3, 0.4) is 0 Å². The van der Waals surface area contributed by atoms with Crippen LogP contribution in [0.4, 0.5) is 0 Å². The van der Waals surface area contributed by atoms with Gasteiger partial charge in [-0.25, -0.2) is 4.21 Å². The van der Waals surface area contributed by atoms with Crippen molar-refractivity contribution in [2.24, 2.45) is 17.0 Å². The van der Waals surface area contributed by atoms with Gasteiger partial charge in [-0.3, -0.25) is 5.14 Å². The number of rotatable bonds is 4. The van der Waals surface area contributed by atoms with Crippen molar-refractivity contribution in [3.63, 3.8) is 0 Å². The van der Waals surface area contributed by atoms with Crippen LogP contribution in [-0.4, -0.2) is 8.96 Å². The van der Waals surface area contributed by atoms with Gasteiger partial charge in [-0.2, -0.15) is 0 Å². The molecule has 1 fully saturated rings. The van der Waals surface area contributed by atoms with E-state index in [0.717, 1.165) is 12.3 Å². The summed E-state index contributed by atoms with van der Waals surface area (Å²) in [5.41, 5.74) is 0. The average Bonchev–Trinajstić information content (AvgIpc) is 2.54. The molecular weight excluding hydrogens is 194 g/mol. The lowest BCUT2D eigenvalue weighted by molar-refractivity contribution is 0.319. The molecule has 1 rings (SSSR count). The summed E-state index contributed by atoms with van der Waals surface area (Å²) in [7, 11) is -1.20. The summed E-state index contributed by atoms with van der Waals surface area (Å²) in [4.78, 5) is 0. The van der Waals surface area contributed by atoms with E-state index in [9.17, 15) is 4.21 Å². The van der Waals surface area contributed by atoms with Crippen LogP contribution in [0.15, 0.2) is 0 Å². The highest BCUT2D eigenvalue weighted by Crippen LogP contribution is 2.35. The number of nitrogens with two attached hydrogens (primary N) is 1. The highest BCUT2D eigenvalue weighted by Gasteiger charge is 2.30. The molecule has 84 valence electrons. The molecule has 0 heterocycles. The third-order valence-corrected chi connectivity index (χ3v) is 4.82. The normalized spacial score (nSPS) is 23.7. The molecule has 0 radical (unpaired) electrons. The van der Waals surface area contributed by atoms with E-state index >= 15 is 0 Å². The zero-order valence-corrected chi connectivity index (χ0v) is 10.4. The van der Waals surface area contributed by atoms with Gasteiger partial charge < -0.3 is 0 Å². The smallest absolute Gasteiger partial charge is 0.0945 e.